The number of nitrogens with one attached hydrogen (secondary N) is 1. The van der Waals surface area contributed by atoms with Gasteiger partial charge in [0.25, 0.3) is 0 Å². The zero-order valence-electron chi connectivity index (χ0n) is 12.6. The van der Waals surface area contributed by atoms with E-state index in [1.54, 1.807) is 6.92 Å². The minimum absolute atomic E-state index is 0. The average Bonchev–Trinajstić information content (AvgIpc) is 2.33. The monoisotopic (exact) mass is 300 g/mol. The van der Waals surface area contributed by atoms with Crippen LogP contribution in [0.2, 0.25) is 0 Å². The molecule has 0 aliphatic heterocycles. The lowest BCUT2D eigenvalue weighted by atomic mass is 9.87. The molecular weight excluding hydrogens is 276 g/mol. The highest BCUT2D eigenvalue weighted by atomic mass is 35.5. The molecule has 1 rings (SSSR count). The quantitative estimate of drug-likeness (QED) is 0.820. The number of hydrogen-bond donors (Lipinski definition) is 2. The zero-order valence-corrected chi connectivity index (χ0v) is 13.4. The first-order valence-corrected chi connectivity index (χ1v) is 6.57. The van der Waals surface area contributed by atoms with Crippen LogP contribution in [-0.4, -0.2) is 25.1 Å². The van der Waals surface area contributed by atoms with Crippen LogP contribution in [-0.2, 0) is 10.2 Å². The Balaban J connectivity index is 0.00000361. The van der Waals surface area contributed by atoms with E-state index in [4.69, 9.17) is 10.5 Å². The summed E-state index contributed by atoms with van der Waals surface area (Å²) in [6, 6.07) is 7.54. The van der Waals surface area contributed by atoms with E-state index < -0.39 is 6.04 Å². The summed E-state index contributed by atoms with van der Waals surface area (Å²) < 4.78 is 5.62. The van der Waals surface area contributed by atoms with E-state index in [-0.39, 0.29) is 23.7 Å². The van der Waals surface area contributed by atoms with Gasteiger partial charge in [-0.3, -0.25) is 4.79 Å². The fourth-order valence-electron chi connectivity index (χ4n) is 1.56. The van der Waals surface area contributed by atoms with E-state index >= 15 is 0 Å². The lowest BCUT2D eigenvalue weighted by Crippen LogP contribution is -2.40. The molecule has 0 saturated heterocycles. The van der Waals surface area contributed by atoms with Crippen LogP contribution in [0.4, 0.5) is 0 Å². The Morgan fingerprint density at radius 3 is 2.60 bits per heavy atom. The molecule has 0 bridgehead atoms. The third-order valence-electron chi connectivity index (χ3n) is 2.78. The molecule has 1 aromatic rings. The summed E-state index contributed by atoms with van der Waals surface area (Å²) in [5, 5.41) is 2.71. The first kappa shape index (κ1) is 18.7. The summed E-state index contributed by atoms with van der Waals surface area (Å²) in [5.74, 6) is 0.662. The minimum Gasteiger partial charge on any atom is -0.492 e. The van der Waals surface area contributed by atoms with Gasteiger partial charge in [0.05, 0.1) is 12.6 Å². The normalized spacial score (nSPS) is 12.2. The molecule has 0 spiro atoms. The molecule has 1 atom stereocenters. The number of carbonyl (C=O) groups excluding carboxylic acids is 1. The maximum absolute atomic E-state index is 11.2. The number of halogens is 1. The summed E-state index contributed by atoms with van der Waals surface area (Å²) in [4.78, 5) is 11.2. The van der Waals surface area contributed by atoms with Crippen molar-refractivity contribution in [2.24, 2.45) is 5.73 Å². The molecule has 0 radical (unpaired) electrons. The Morgan fingerprint density at radius 1 is 1.40 bits per heavy atom. The van der Waals surface area contributed by atoms with Crippen molar-refractivity contribution in [3.8, 4) is 5.75 Å². The Morgan fingerprint density at radius 2 is 2.05 bits per heavy atom. The third kappa shape index (κ3) is 6.26. The Kier molecular flexibility index (Phi) is 7.61. The fourth-order valence-corrected chi connectivity index (χ4v) is 1.56. The van der Waals surface area contributed by atoms with Crippen molar-refractivity contribution >= 4 is 18.3 Å². The van der Waals surface area contributed by atoms with E-state index in [1.165, 1.54) is 5.56 Å². The van der Waals surface area contributed by atoms with E-state index in [0.29, 0.717) is 13.2 Å². The van der Waals surface area contributed by atoms with E-state index in [9.17, 15) is 4.79 Å². The molecule has 3 N–H and O–H groups in total. The largest absolute Gasteiger partial charge is 0.492 e. The summed E-state index contributed by atoms with van der Waals surface area (Å²) in [6.07, 6.45) is 0. The van der Waals surface area contributed by atoms with E-state index in [0.717, 1.165) is 5.75 Å². The maximum atomic E-state index is 11.2. The highest BCUT2D eigenvalue weighted by molar-refractivity contribution is 5.85. The second-order valence-electron chi connectivity index (χ2n) is 5.71. The molecule has 0 unspecified atom stereocenters. The van der Waals surface area contributed by atoms with Crippen LogP contribution in [0, 0.1) is 0 Å². The summed E-state index contributed by atoms with van der Waals surface area (Å²) in [7, 11) is 0. The number of hydrogen-bond acceptors (Lipinski definition) is 3. The van der Waals surface area contributed by atoms with Gasteiger partial charge in [0.1, 0.15) is 12.4 Å². The predicted molar refractivity (Wildman–Crippen MR) is 84.5 cm³/mol. The summed E-state index contributed by atoms with van der Waals surface area (Å²) >= 11 is 0. The van der Waals surface area contributed by atoms with Crippen LogP contribution < -0.4 is 15.8 Å². The average molecular weight is 301 g/mol. The molecule has 0 fully saturated rings. The maximum Gasteiger partial charge on any atom is 0.236 e. The van der Waals surface area contributed by atoms with Gasteiger partial charge < -0.3 is 15.8 Å². The topological polar surface area (TPSA) is 64.4 Å². The smallest absolute Gasteiger partial charge is 0.236 e. The highest BCUT2D eigenvalue weighted by Crippen LogP contribution is 2.25. The van der Waals surface area contributed by atoms with Crippen LogP contribution in [0.5, 0.6) is 5.75 Å². The summed E-state index contributed by atoms with van der Waals surface area (Å²) in [5.41, 5.74) is 6.77. The van der Waals surface area contributed by atoms with Crippen molar-refractivity contribution in [1.82, 2.24) is 5.32 Å². The zero-order chi connectivity index (χ0) is 14.5. The number of ether oxygens (including phenoxy) is 1. The van der Waals surface area contributed by atoms with Crippen molar-refractivity contribution in [2.45, 2.75) is 39.2 Å². The van der Waals surface area contributed by atoms with Crippen molar-refractivity contribution in [1.29, 1.82) is 0 Å². The number of amides is 1. The van der Waals surface area contributed by atoms with Gasteiger partial charge >= 0.3 is 0 Å². The van der Waals surface area contributed by atoms with Crippen LogP contribution in [0.25, 0.3) is 0 Å². The van der Waals surface area contributed by atoms with Crippen LogP contribution in [0.3, 0.4) is 0 Å². The Bertz CT molecular complexity index is 428. The molecular formula is C15H25ClN2O2. The molecule has 5 heteroatoms. The molecule has 0 saturated carbocycles. The summed E-state index contributed by atoms with van der Waals surface area (Å²) in [6.45, 7) is 9.04. The SMILES string of the molecule is C[C@@H](N)C(=O)NCCOc1cccc(C(C)(C)C)c1.Cl. The fraction of sp³-hybridized carbons (Fsp3) is 0.533. The second-order valence-corrected chi connectivity index (χ2v) is 5.71. The van der Waals surface area contributed by atoms with Gasteiger partial charge in [-0.05, 0) is 30.0 Å². The van der Waals surface area contributed by atoms with Crippen molar-refractivity contribution in [2.75, 3.05) is 13.2 Å². The number of rotatable bonds is 5. The third-order valence-corrected chi connectivity index (χ3v) is 2.78. The van der Waals surface area contributed by atoms with Crippen LogP contribution in [0.1, 0.15) is 33.3 Å². The Hall–Kier alpha value is -1.26. The number of carbonyl (C=O) groups is 1. The first-order valence-electron chi connectivity index (χ1n) is 6.57. The molecule has 0 aromatic heterocycles. The molecule has 1 aromatic carbocycles. The number of nitrogens with two attached hydrogens (primary N) is 1. The van der Waals surface area contributed by atoms with Crippen molar-refractivity contribution in [3.63, 3.8) is 0 Å². The van der Waals surface area contributed by atoms with Gasteiger partial charge in [-0.15, -0.1) is 12.4 Å². The van der Waals surface area contributed by atoms with E-state index in [1.807, 2.05) is 18.2 Å². The van der Waals surface area contributed by atoms with Crippen molar-refractivity contribution < 1.29 is 9.53 Å². The minimum atomic E-state index is -0.482. The van der Waals surface area contributed by atoms with Crippen LogP contribution >= 0.6 is 12.4 Å². The molecule has 0 aliphatic rings. The molecule has 0 heterocycles. The van der Waals surface area contributed by atoms with Gasteiger partial charge in [0.15, 0.2) is 0 Å². The van der Waals surface area contributed by atoms with Gasteiger partial charge in [-0.1, -0.05) is 32.9 Å². The first-order chi connectivity index (χ1) is 8.80. The van der Waals surface area contributed by atoms with Gasteiger partial charge in [-0.2, -0.15) is 0 Å². The van der Waals surface area contributed by atoms with Crippen molar-refractivity contribution in [3.05, 3.63) is 29.8 Å². The van der Waals surface area contributed by atoms with Gasteiger partial charge in [0, 0.05) is 0 Å². The Labute approximate surface area is 127 Å². The van der Waals surface area contributed by atoms with Gasteiger partial charge in [-0.25, -0.2) is 0 Å². The van der Waals surface area contributed by atoms with E-state index in [2.05, 4.69) is 32.2 Å². The molecule has 1 amide bonds. The molecule has 0 aliphatic carbocycles. The molecule has 4 nitrogen and oxygen atoms in total. The standard InChI is InChI=1S/C15H24N2O2.ClH/c1-11(16)14(18)17-8-9-19-13-7-5-6-12(10-13)15(2,3)4;/h5-7,10-11H,8-9,16H2,1-4H3,(H,17,18);1H/t11-;/m1./s1. The highest BCUT2D eigenvalue weighted by Gasteiger charge is 2.13. The lowest BCUT2D eigenvalue weighted by Gasteiger charge is -2.19. The van der Waals surface area contributed by atoms with Crippen LogP contribution in [0.15, 0.2) is 24.3 Å². The predicted octanol–water partition coefficient (Wildman–Crippen LogP) is 2.25. The second kappa shape index (κ2) is 8.12. The van der Waals surface area contributed by atoms with Gasteiger partial charge in [0.2, 0.25) is 5.91 Å². The molecule has 20 heavy (non-hydrogen) atoms. The molecule has 114 valence electrons. The number of benzene rings is 1. The lowest BCUT2D eigenvalue weighted by molar-refractivity contribution is -0.122.